The van der Waals surface area contributed by atoms with Gasteiger partial charge in [-0.25, -0.2) is 13.4 Å². The zero-order valence-corrected chi connectivity index (χ0v) is 21.6. The normalized spacial score (nSPS) is 15.9. The average Bonchev–Trinajstić information content (AvgIpc) is 3.24. The van der Waals surface area contributed by atoms with Gasteiger partial charge >= 0.3 is 0 Å². The second kappa shape index (κ2) is 9.01. The van der Waals surface area contributed by atoms with Gasteiger partial charge in [0.15, 0.2) is 9.84 Å². The van der Waals surface area contributed by atoms with Crippen LogP contribution >= 0.6 is 0 Å². The molecule has 0 unspecified atom stereocenters. The molecule has 0 aliphatic heterocycles. The number of amides is 1. The third-order valence-electron chi connectivity index (χ3n) is 7.28. The van der Waals surface area contributed by atoms with Crippen molar-refractivity contribution in [3.05, 3.63) is 59.3 Å². The van der Waals surface area contributed by atoms with Gasteiger partial charge in [-0.15, -0.1) is 0 Å². The fraction of sp³-hybridized carbons (Fsp3) is 0.357. The molecule has 2 aromatic carbocycles. The minimum atomic E-state index is -3.41. The molecule has 188 valence electrons. The van der Waals surface area contributed by atoms with Crippen LogP contribution in [0.5, 0.6) is 0 Å². The van der Waals surface area contributed by atoms with Gasteiger partial charge in [0.25, 0.3) is 5.91 Å². The molecule has 7 nitrogen and oxygen atoms in total. The highest BCUT2D eigenvalue weighted by Gasteiger charge is 2.32. The van der Waals surface area contributed by atoms with E-state index in [0.29, 0.717) is 29.6 Å². The first kappa shape index (κ1) is 24.5. The number of hydrogen-bond acceptors (Lipinski definition) is 5. The van der Waals surface area contributed by atoms with Crippen molar-refractivity contribution < 1.29 is 18.3 Å². The quantitative estimate of drug-likeness (QED) is 0.324. The number of carbonyl (C=O) groups excluding carboxylic acids is 1. The molecule has 3 N–H and O–H groups in total. The monoisotopic (exact) mass is 505 g/mol. The summed E-state index contributed by atoms with van der Waals surface area (Å²) in [5, 5.41) is 15.6. The van der Waals surface area contributed by atoms with Gasteiger partial charge in [-0.05, 0) is 86.1 Å². The standard InChI is InChI=1S/C28H31N3O4S/c1-4-36(34,35)20-10-8-9-19(14-20)22-15-21(27(32)31-28(33)11-6-5-7-12-28)18(3)25-24(22)23-13-17(2)16-29-26(23)30-25/h8-10,13-16,33H,4-7,11-12H2,1-3H3,(H,29,30)(H,31,32). The smallest absolute Gasteiger partial charge is 0.253 e. The lowest BCUT2D eigenvalue weighted by molar-refractivity contribution is -0.0219. The van der Waals surface area contributed by atoms with Crippen molar-refractivity contribution in [1.82, 2.24) is 15.3 Å². The number of fused-ring (bicyclic) bond motifs is 3. The number of aromatic nitrogens is 2. The second-order valence-corrected chi connectivity index (χ2v) is 12.1. The molecule has 5 rings (SSSR count). The van der Waals surface area contributed by atoms with E-state index in [-0.39, 0.29) is 16.6 Å². The Morgan fingerprint density at radius 1 is 1.14 bits per heavy atom. The Hall–Kier alpha value is -3.23. The van der Waals surface area contributed by atoms with Gasteiger partial charge in [-0.2, -0.15) is 0 Å². The third-order valence-corrected chi connectivity index (χ3v) is 9.01. The van der Waals surface area contributed by atoms with E-state index in [9.17, 15) is 18.3 Å². The summed E-state index contributed by atoms with van der Waals surface area (Å²) in [5.41, 5.74) is 3.86. The van der Waals surface area contributed by atoms with Crippen molar-refractivity contribution in [3.8, 4) is 11.1 Å². The molecule has 1 fully saturated rings. The molecule has 0 bridgehead atoms. The number of rotatable bonds is 5. The maximum absolute atomic E-state index is 13.5. The molecule has 0 spiro atoms. The molecule has 2 heterocycles. The molecule has 0 radical (unpaired) electrons. The maximum atomic E-state index is 13.5. The predicted molar refractivity (Wildman–Crippen MR) is 142 cm³/mol. The van der Waals surface area contributed by atoms with Crippen molar-refractivity contribution in [2.45, 2.75) is 63.5 Å². The lowest BCUT2D eigenvalue weighted by atomic mass is 9.90. The molecule has 36 heavy (non-hydrogen) atoms. The van der Waals surface area contributed by atoms with Crippen LogP contribution in [0.4, 0.5) is 0 Å². The third kappa shape index (κ3) is 4.29. The van der Waals surface area contributed by atoms with Gasteiger partial charge in [0, 0.05) is 22.5 Å². The SMILES string of the molecule is CCS(=O)(=O)c1cccc(-c2cc(C(=O)NC3(O)CCCCC3)c(C)c3[nH]c4ncc(C)cc4c23)c1. The molecule has 4 aromatic rings. The topological polar surface area (TPSA) is 112 Å². The number of H-pyrrole nitrogens is 1. The van der Waals surface area contributed by atoms with Crippen LogP contribution in [0.2, 0.25) is 0 Å². The summed E-state index contributed by atoms with van der Waals surface area (Å²) in [6.07, 6.45) is 5.62. The number of nitrogens with zero attached hydrogens (tertiary/aromatic N) is 1. The van der Waals surface area contributed by atoms with E-state index in [1.165, 1.54) is 0 Å². The summed E-state index contributed by atoms with van der Waals surface area (Å²) in [5.74, 6) is -0.345. The van der Waals surface area contributed by atoms with Crippen molar-refractivity contribution >= 4 is 37.7 Å². The molecule has 1 aliphatic rings. The average molecular weight is 506 g/mol. The Morgan fingerprint density at radius 2 is 1.89 bits per heavy atom. The van der Waals surface area contributed by atoms with Crippen LogP contribution < -0.4 is 5.32 Å². The number of hydrogen-bond donors (Lipinski definition) is 3. The van der Waals surface area contributed by atoms with Crippen LogP contribution in [0.15, 0.2) is 47.5 Å². The molecular formula is C28H31N3O4S. The maximum Gasteiger partial charge on any atom is 0.253 e. The lowest BCUT2D eigenvalue weighted by Crippen LogP contribution is -2.49. The van der Waals surface area contributed by atoms with Gasteiger partial charge in [0.1, 0.15) is 11.4 Å². The van der Waals surface area contributed by atoms with Crippen molar-refractivity contribution in [3.63, 3.8) is 0 Å². The Kier molecular flexibility index (Phi) is 6.12. The Bertz CT molecular complexity index is 1600. The zero-order chi connectivity index (χ0) is 25.7. The number of carbonyl (C=O) groups is 1. The number of benzene rings is 2. The van der Waals surface area contributed by atoms with E-state index < -0.39 is 15.6 Å². The first-order valence-corrected chi connectivity index (χ1v) is 14.1. The molecule has 1 amide bonds. The van der Waals surface area contributed by atoms with Crippen LogP contribution in [0, 0.1) is 13.8 Å². The highest BCUT2D eigenvalue weighted by atomic mass is 32.2. The van der Waals surface area contributed by atoms with Gasteiger partial charge < -0.3 is 15.4 Å². The van der Waals surface area contributed by atoms with Crippen LogP contribution in [0.1, 0.15) is 60.5 Å². The van der Waals surface area contributed by atoms with Crippen molar-refractivity contribution in [2.75, 3.05) is 5.75 Å². The number of nitrogens with one attached hydrogen (secondary N) is 2. The number of pyridine rings is 1. The Balaban J connectivity index is 1.75. The van der Waals surface area contributed by atoms with Crippen molar-refractivity contribution in [1.29, 1.82) is 0 Å². The van der Waals surface area contributed by atoms with Crippen LogP contribution in [-0.2, 0) is 9.84 Å². The highest BCUT2D eigenvalue weighted by Crippen LogP contribution is 2.39. The number of aromatic amines is 1. The van der Waals surface area contributed by atoms with E-state index in [4.69, 9.17) is 0 Å². The molecule has 1 saturated carbocycles. The molecule has 1 aliphatic carbocycles. The van der Waals surface area contributed by atoms with Gasteiger partial charge in [0.05, 0.1) is 16.2 Å². The van der Waals surface area contributed by atoms with E-state index in [1.54, 1.807) is 31.3 Å². The van der Waals surface area contributed by atoms with E-state index in [1.807, 2.05) is 32.0 Å². The van der Waals surface area contributed by atoms with Gasteiger partial charge in [-0.1, -0.05) is 25.5 Å². The molecule has 2 aromatic heterocycles. The number of aryl methyl sites for hydroxylation is 2. The lowest BCUT2D eigenvalue weighted by Gasteiger charge is -2.33. The van der Waals surface area contributed by atoms with E-state index in [0.717, 1.165) is 52.2 Å². The minimum Gasteiger partial charge on any atom is -0.371 e. The number of sulfone groups is 1. The van der Waals surface area contributed by atoms with Gasteiger partial charge in [0.2, 0.25) is 0 Å². The fourth-order valence-electron chi connectivity index (χ4n) is 5.22. The fourth-order valence-corrected chi connectivity index (χ4v) is 6.15. The van der Waals surface area contributed by atoms with E-state index in [2.05, 4.69) is 15.3 Å². The van der Waals surface area contributed by atoms with Crippen LogP contribution in [-0.4, -0.2) is 40.9 Å². The van der Waals surface area contributed by atoms with Crippen LogP contribution in [0.25, 0.3) is 33.1 Å². The predicted octanol–water partition coefficient (Wildman–Crippen LogP) is 5.18. The van der Waals surface area contributed by atoms with Gasteiger partial charge in [-0.3, -0.25) is 4.79 Å². The minimum absolute atomic E-state index is 0.00218. The molecule has 0 atom stereocenters. The summed E-state index contributed by atoms with van der Waals surface area (Å²) in [7, 11) is -3.41. The molecule has 8 heteroatoms. The summed E-state index contributed by atoms with van der Waals surface area (Å²) in [6.45, 7) is 5.48. The summed E-state index contributed by atoms with van der Waals surface area (Å²) < 4.78 is 25.3. The second-order valence-electron chi connectivity index (χ2n) is 9.86. The number of aliphatic hydroxyl groups is 1. The molecule has 0 saturated heterocycles. The molecular weight excluding hydrogens is 474 g/mol. The summed E-state index contributed by atoms with van der Waals surface area (Å²) in [4.78, 5) is 21.7. The van der Waals surface area contributed by atoms with Crippen molar-refractivity contribution in [2.24, 2.45) is 0 Å². The first-order chi connectivity index (χ1) is 17.1. The summed E-state index contributed by atoms with van der Waals surface area (Å²) in [6, 6.07) is 10.7. The first-order valence-electron chi connectivity index (χ1n) is 12.4. The highest BCUT2D eigenvalue weighted by molar-refractivity contribution is 7.91. The van der Waals surface area contributed by atoms with E-state index >= 15 is 0 Å². The largest absolute Gasteiger partial charge is 0.371 e. The Morgan fingerprint density at radius 3 is 2.61 bits per heavy atom. The summed E-state index contributed by atoms with van der Waals surface area (Å²) >= 11 is 0. The van der Waals surface area contributed by atoms with Crippen LogP contribution in [0.3, 0.4) is 0 Å². The Labute approximate surface area is 210 Å². The zero-order valence-electron chi connectivity index (χ0n) is 20.8.